The lowest BCUT2D eigenvalue weighted by Crippen LogP contribution is -2.36. The van der Waals surface area contributed by atoms with Gasteiger partial charge in [0.05, 0.1) is 36.5 Å². The Morgan fingerprint density at radius 1 is 1.06 bits per heavy atom. The standard InChI is InChI=1S/C26H22N6O2/c1-34-25-13-23-22(29-15-30-23)12-21(25)18-2-3-19-14-31(8-5-17(19)10-18)26(33)24-11-20(4-6-28-24)32-9-7-27-16-32/h2-4,6-7,9-13,15-16H,5,8,14H2,1H3,(H,29,30). The first-order valence-corrected chi connectivity index (χ1v) is 11.1. The van der Waals surface area contributed by atoms with Crippen LogP contribution < -0.4 is 4.74 Å². The molecule has 3 aromatic heterocycles. The molecule has 1 aliphatic heterocycles. The van der Waals surface area contributed by atoms with Crippen LogP contribution in [0.2, 0.25) is 0 Å². The van der Waals surface area contributed by atoms with Crippen LogP contribution in [0.15, 0.2) is 73.7 Å². The minimum Gasteiger partial charge on any atom is -0.496 e. The summed E-state index contributed by atoms with van der Waals surface area (Å²) in [7, 11) is 1.68. The van der Waals surface area contributed by atoms with E-state index >= 15 is 0 Å². The van der Waals surface area contributed by atoms with Crippen molar-refractivity contribution in [3.8, 4) is 22.6 Å². The number of carbonyl (C=O) groups is 1. The number of amides is 1. The van der Waals surface area contributed by atoms with Crippen molar-refractivity contribution < 1.29 is 9.53 Å². The quantitative estimate of drug-likeness (QED) is 0.447. The van der Waals surface area contributed by atoms with Gasteiger partial charge >= 0.3 is 0 Å². The molecule has 8 nitrogen and oxygen atoms in total. The molecule has 0 atom stereocenters. The van der Waals surface area contributed by atoms with E-state index in [1.165, 1.54) is 5.56 Å². The van der Waals surface area contributed by atoms with Crippen LogP contribution in [0, 0.1) is 0 Å². The number of rotatable bonds is 4. The van der Waals surface area contributed by atoms with Crippen LogP contribution in [-0.4, -0.2) is 49.0 Å². The van der Waals surface area contributed by atoms with Gasteiger partial charge in [-0.3, -0.25) is 9.78 Å². The molecule has 1 N–H and O–H groups in total. The number of hydrogen-bond donors (Lipinski definition) is 1. The van der Waals surface area contributed by atoms with Crippen LogP contribution in [0.3, 0.4) is 0 Å². The molecule has 0 spiro atoms. The van der Waals surface area contributed by atoms with Crippen LogP contribution >= 0.6 is 0 Å². The summed E-state index contributed by atoms with van der Waals surface area (Å²) < 4.78 is 7.50. The van der Waals surface area contributed by atoms with E-state index in [4.69, 9.17) is 4.74 Å². The predicted molar refractivity (Wildman–Crippen MR) is 128 cm³/mol. The lowest BCUT2D eigenvalue weighted by molar-refractivity contribution is 0.0728. The SMILES string of the molecule is COc1cc2nc[nH]c2cc1-c1ccc2c(c1)CCN(C(=O)c1cc(-n3ccnc3)ccn1)C2. The second kappa shape index (κ2) is 8.15. The summed E-state index contributed by atoms with van der Waals surface area (Å²) in [6.07, 6.45) is 9.39. The van der Waals surface area contributed by atoms with Gasteiger partial charge in [0.25, 0.3) is 5.91 Å². The van der Waals surface area contributed by atoms with Gasteiger partial charge in [0, 0.05) is 43.3 Å². The molecule has 0 aliphatic carbocycles. The number of pyridine rings is 1. The van der Waals surface area contributed by atoms with Gasteiger partial charge in [0.15, 0.2) is 0 Å². The van der Waals surface area contributed by atoms with Gasteiger partial charge in [-0.25, -0.2) is 9.97 Å². The molecule has 4 heterocycles. The Kier molecular flexibility index (Phi) is 4.83. The fourth-order valence-electron chi connectivity index (χ4n) is 4.52. The number of nitrogens with zero attached hydrogens (tertiary/aromatic N) is 5. The van der Waals surface area contributed by atoms with Gasteiger partial charge in [-0.2, -0.15) is 0 Å². The maximum Gasteiger partial charge on any atom is 0.272 e. The first-order chi connectivity index (χ1) is 16.7. The summed E-state index contributed by atoms with van der Waals surface area (Å²) in [6, 6.07) is 14.1. The van der Waals surface area contributed by atoms with Gasteiger partial charge in [0.1, 0.15) is 11.4 Å². The van der Waals surface area contributed by atoms with E-state index in [1.54, 1.807) is 38.2 Å². The molecule has 168 valence electrons. The number of fused-ring (bicyclic) bond motifs is 2. The molecule has 2 aromatic carbocycles. The van der Waals surface area contributed by atoms with Crippen molar-refractivity contribution in [1.82, 2.24) is 29.4 Å². The van der Waals surface area contributed by atoms with E-state index in [2.05, 4.69) is 44.2 Å². The van der Waals surface area contributed by atoms with Crippen LogP contribution in [0.4, 0.5) is 0 Å². The fourth-order valence-corrected chi connectivity index (χ4v) is 4.52. The minimum absolute atomic E-state index is 0.0666. The number of aromatic nitrogens is 5. The number of ether oxygens (including phenoxy) is 1. The molecule has 5 aromatic rings. The molecule has 1 aliphatic rings. The van der Waals surface area contributed by atoms with Crippen molar-refractivity contribution in [3.05, 3.63) is 90.5 Å². The van der Waals surface area contributed by atoms with E-state index in [-0.39, 0.29) is 5.91 Å². The predicted octanol–water partition coefficient (Wildman–Crippen LogP) is 4.02. The first kappa shape index (κ1) is 20.2. The molecule has 0 radical (unpaired) electrons. The van der Waals surface area contributed by atoms with Gasteiger partial charge in [-0.05, 0) is 41.3 Å². The third kappa shape index (κ3) is 3.49. The number of imidazole rings is 2. The zero-order valence-corrected chi connectivity index (χ0v) is 18.6. The van der Waals surface area contributed by atoms with E-state index in [9.17, 15) is 4.79 Å². The van der Waals surface area contributed by atoms with Gasteiger partial charge in [0.2, 0.25) is 0 Å². The lowest BCUT2D eigenvalue weighted by atomic mass is 9.94. The van der Waals surface area contributed by atoms with Gasteiger partial charge in [-0.1, -0.05) is 18.2 Å². The highest BCUT2D eigenvalue weighted by Gasteiger charge is 2.24. The Hall–Kier alpha value is -4.46. The zero-order chi connectivity index (χ0) is 23.1. The van der Waals surface area contributed by atoms with Crippen molar-refractivity contribution in [1.29, 1.82) is 0 Å². The van der Waals surface area contributed by atoms with Gasteiger partial charge < -0.3 is 19.2 Å². The normalized spacial score (nSPS) is 13.1. The maximum absolute atomic E-state index is 13.2. The molecule has 0 unspecified atom stereocenters. The molecule has 8 heteroatoms. The third-order valence-corrected chi connectivity index (χ3v) is 6.32. The number of benzene rings is 2. The molecule has 6 rings (SSSR count). The Bertz CT molecular complexity index is 1510. The number of hydrogen-bond acceptors (Lipinski definition) is 5. The summed E-state index contributed by atoms with van der Waals surface area (Å²) in [5, 5.41) is 0. The van der Waals surface area contributed by atoms with E-state index < -0.39 is 0 Å². The Balaban J connectivity index is 1.26. The second-order valence-corrected chi connectivity index (χ2v) is 8.30. The van der Waals surface area contributed by atoms with Crippen LogP contribution in [-0.2, 0) is 13.0 Å². The van der Waals surface area contributed by atoms with Crippen molar-refractivity contribution in [3.63, 3.8) is 0 Å². The fraction of sp³-hybridized carbons (Fsp3) is 0.154. The molecular formula is C26H22N6O2. The molecule has 0 fully saturated rings. The highest BCUT2D eigenvalue weighted by atomic mass is 16.5. The first-order valence-electron chi connectivity index (χ1n) is 11.1. The summed E-state index contributed by atoms with van der Waals surface area (Å²) in [5.74, 6) is 0.721. The highest BCUT2D eigenvalue weighted by Crippen LogP contribution is 2.35. The summed E-state index contributed by atoms with van der Waals surface area (Å²) in [5.41, 5.74) is 7.63. The maximum atomic E-state index is 13.2. The average Bonchev–Trinajstić information content (AvgIpc) is 3.59. The number of nitrogens with one attached hydrogen (secondary N) is 1. The number of H-pyrrole nitrogens is 1. The van der Waals surface area contributed by atoms with Crippen LogP contribution in [0.1, 0.15) is 21.6 Å². The minimum atomic E-state index is -0.0666. The Labute approximate surface area is 195 Å². The molecule has 0 bridgehead atoms. The number of carbonyl (C=O) groups excluding carboxylic acids is 1. The molecule has 0 saturated carbocycles. The van der Waals surface area contributed by atoms with Gasteiger partial charge in [-0.15, -0.1) is 0 Å². The van der Waals surface area contributed by atoms with Crippen molar-refractivity contribution in [2.24, 2.45) is 0 Å². The smallest absolute Gasteiger partial charge is 0.272 e. The zero-order valence-electron chi connectivity index (χ0n) is 18.6. The van der Waals surface area contributed by atoms with E-state index in [1.807, 2.05) is 27.8 Å². The highest BCUT2D eigenvalue weighted by molar-refractivity contribution is 5.93. The monoisotopic (exact) mass is 450 g/mol. The van der Waals surface area contributed by atoms with Crippen molar-refractivity contribution in [2.75, 3.05) is 13.7 Å². The second-order valence-electron chi connectivity index (χ2n) is 8.30. The van der Waals surface area contributed by atoms with Crippen molar-refractivity contribution in [2.45, 2.75) is 13.0 Å². The number of methoxy groups -OCH3 is 1. The summed E-state index contributed by atoms with van der Waals surface area (Å²) in [4.78, 5) is 31.0. The largest absolute Gasteiger partial charge is 0.496 e. The van der Waals surface area contributed by atoms with Crippen LogP contribution in [0.25, 0.3) is 27.8 Å². The summed E-state index contributed by atoms with van der Waals surface area (Å²) >= 11 is 0. The molecule has 0 saturated heterocycles. The third-order valence-electron chi connectivity index (χ3n) is 6.32. The Morgan fingerprint density at radius 2 is 2.00 bits per heavy atom. The van der Waals surface area contributed by atoms with Crippen LogP contribution in [0.5, 0.6) is 5.75 Å². The van der Waals surface area contributed by atoms with E-state index in [0.717, 1.165) is 45.6 Å². The molecule has 34 heavy (non-hydrogen) atoms. The summed E-state index contributed by atoms with van der Waals surface area (Å²) in [6.45, 7) is 1.20. The average molecular weight is 451 g/mol. The number of aromatic amines is 1. The van der Waals surface area contributed by atoms with E-state index in [0.29, 0.717) is 18.8 Å². The lowest BCUT2D eigenvalue weighted by Gasteiger charge is -2.29. The Morgan fingerprint density at radius 3 is 2.85 bits per heavy atom. The van der Waals surface area contributed by atoms with Crippen molar-refractivity contribution >= 4 is 16.9 Å². The molecule has 1 amide bonds. The molecular weight excluding hydrogens is 428 g/mol. The topological polar surface area (TPSA) is 88.9 Å².